The number of hydrogen-bond donors (Lipinski definition) is 0. The van der Waals surface area contributed by atoms with E-state index in [1.54, 1.807) is 11.8 Å². The van der Waals surface area contributed by atoms with Crippen molar-refractivity contribution in [1.82, 2.24) is 9.34 Å². The van der Waals surface area contributed by atoms with E-state index >= 15 is 0 Å². The Morgan fingerprint density at radius 3 is 1.68 bits per heavy atom. The maximum atomic E-state index is 7.09. The van der Waals surface area contributed by atoms with E-state index < -0.39 is 16.8 Å². The minimum Gasteiger partial charge on any atom is -0.543 e. The van der Waals surface area contributed by atoms with Crippen molar-refractivity contribution in [2.45, 2.75) is 128 Å². The van der Waals surface area contributed by atoms with Crippen LogP contribution < -0.4 is 8.95 Å². The molecule has 0 N–H and O–H groups in total. The Balaban J connectivity index is 2.60. The van der Waals surface area contributed by atoms with Crippen LogP contribution in [0.25, 0.3) is 0 Å². The molecule has 0 amide bonds. The second kappa shape index (κ2) is 13.3. The van der Waals surface area contributed by atoms with Gasteiger partial charge in [-0.1, -0.05) is 50.7 Å². The molecule has 0 heterocycles. The van der Waals surface area contributed by atoms with Crippen LogP contribution in [-0.4, -0.2) is 41.8 Å². The standard InChI is InChI=1S/C30H51N2O2PSSi/c1-22(2)31(23(3)4)35(32(24(5)6)25(7)8)33-28-20-19-26(34-37(12,13)30(9,10)11)21-29(28)36-27-17-15-14-16-18-27/h14-25H,1-13H3. The third-order valence-corrected chi connectivity index (χ3v) is 15.2. The molecule has 4 nitrogen and oxygen atoms in total. The molecule has 0 atom stereocenters. The lowest BCUT2D eigenvalue weighted by atomic mass is 10.2. The van der Waals surface area contributed by atoms with Gasteiger partial charge in [0, 0.05) is 29.1 Å². The van der Waals surface area contributed by atoms with Crippen LogP contribution in [0.5, 0.6) is 11.5 Å². The Bertz CT molecular complexity index is 941. The van der Waals surface area contributed by atoms with Gasteiger partial charge >= 0.3 is 0 Å². The third-order valence-electron chi connectivity index (χ3n) is 6.76. The zero-order valence-corrected chi connectivity index (χ0v) is 28.2. The fourth-order valence-electron chi connectivity index (χ4n) is 4.05. The highest BCUT2D eigenvalue weighted by atomic mass is 32.2. The summed E-state index contributed by atoms with van der Waals surface area (Å²) in [6.45, 7) is 29.6. The van der Waals surface area contributed by atoms with E-state index in [2.05, 4.69) is 147 Å². The van der Waals surface area contributed by atoms with Gasteiger partial charge in [-0.2, -0.15) is 0 Å². The summed E-state index contributed by atoms with van der Waals surface area (Å²) in [5.41, 5.74) is 0. The maximum absolute atomic E-state index is 7.09. The fraction of sp³-hybridized carbons (Fsp3) is 0.600. The maximum Gasteiger partial charge on any atom is 0.250 e. The topological polar surface area (TPSA) is 24.9 Å². The first kappa shape index (κ1) is 32.2. The summed E-state index contributed by atoms with van der Waals surface area (Å²) < 4.78 is 18.9. The van der Waals surface area contributed by atoms with E-state index in [1.807, 2.05) is 0 Å². The van der Waals surface area contributed by atoms with Crippen LogP contribution in [0, 0.1) is 0 Å². The molecule has 37 heavy (non-hydrogen) atoms. The summed E-state index contributed by atoms with van der Waals surface area (Å²) in [5.74, 6) is 1.84. The molecule has 208 valence electrons. The molecule has 2 aromatic rings. The molecule has 0 saturated heterocycles. The zero-order valence-electron chi connectivity index (χ0n) is 25.5. The average molecular weight is 563 g/mol. The molecule has 0 saturated carbocycles. The van der Waals surface area contributed by atoms with Gasteiger partial charge in [-0.25, -0.2) is 9.34 Å². The van der Waals surface area contributed by atoms with Crippen molar-refractivity contribution in [3.05, 3.63) is 48.5 Å². The molecular formula is C30H51N2O2PSSi. The van der Waals surface area contributed by atoms with Crippen LogP contribution in [0.2, 0.25) is 18.1 Å². The summed E-state index contributed by atoms with van der Waals surface area (Å²) in [6, 6.07) is 18.4. The summed E-state index contributed by atoms with van der Waals surface area (Å²) >= 11 is 1.74. The molecule has 0 aliphatic heterocycles. The van der Waals surface area contributed by atoms with Crippen molar-refractivity contribution in [2.75, 3.05) is 0 Å². The number of benzene rings is 2. The molecule has 7 heteroatoms. The van der Waals surface area contributed by atoms with Gasteiger partial charge in [-0.3, -0.25) is 0 Å². The first-order valence-electron chi connectivity index (χ1n) is 13.7. The second-order valence-corrected chi connectivity index (χ2v) is 19.8. The lowest BCUT2D eigenvalue weighted by Crippen LogP contribution is -2.44. The fourth-order valence-corrected chi connectivity index (χ4v) is 8.41. The quantitative estimate of drug-likeness (QED) is 0.189. The van der Waals surface area contributed by atoms with Gasteiger partial charge in [0.15, 0.2) is 0 Å². The van der Waals surface area contributed by atoms with Crippen molar-refractivity contribution >= 4 is 28.5 Å². The van der Waals surface area contributed by atoms with Gasteiger partial charge in [-0.05, 0) is 104 Å². The van der Waals surface area contributed by atoms with Crippen molar-refractivity contribution in [3.63, 3.8) is 0 Å². The Kier molecular flexibility index (Phi) is 11.6. The molecule has 2 rings (SSSR count). The summed E-state index contributed by atoms with van der Waals surface area (Å²) in [6.07, 6.45) is 0. The van der Waals surface area contributed by atoms with Crippen LogP contribution >= 0.6 is 20.2 Å². The Hall–Kier alpha value is -1.04. The molecule has 0 aromatic heterocycles. The first-order valence-corrected chi connectivity index (χ1v) is 18.5. The van der Waals surface area contributed by atoms with Gasteiger partial charge in [-0.15, -0.1) is 0 Å². The highest BCUT2D eigenvalue weighted by Gasteiger charge is 2.39. The van der Waals surface area contributed by atoms with Gasteiger partial charge in [0.2, 0.25) is 16.8 Å². The molecule has 0 bridgehead atoms. The molecule has 0 aliphatic carbocycles. The smallest absolute Gasteiger partial charge is 0.250 e. The van der Waals surface area contributed by atoms with Crippen molar-refractivity contribution < 1.29 is 8.95 Å². The van der Waals surface area contributed by atoms with E-state index in [9.17, 15) is 0 Å². The number of rotatable bonds is 12. The average Bonchev–Trinajstić information content (AvgIpc) is 2.74. The van der Waals surface area contributed by atoms with E-state index in [-0.39, 0.29) is 5.04 Å². The van der Waals surface area contributed by atoms with Crippen LogP contribution in [-0.2, 0) is 0 Å². The van der Waals surface area contributed by atoms with Crippen LogP contribution in [0.1, 0.15) is 76.2 Å². The molecule has 0 spiro atoms. The minimum absolute atomic E-state index is 0.132. The lowest BCUT2D eigenvalue weighted by molar-refractivity contribution is 0.224. The van der Waals surface area contributed by atoms with Gasteiger partial charge in [0.1, 0.15) is 11.5 Å². The van der Waals surface area contributed by atoms with Crippen molar-refractivity contribution in [2.24, 2.45) is 0 Å². The van der Waals surface area contributed by atoms with Crippen LogP contribution in [0.3, 0.4) is 0 Å². The predicted octanol–water partition coefficient (Wildman–Crippen LogP) is 10.1. The molecule has 0 aliphatic rings. The highest BCUT2D eigenvalue weighted by molar-refractivity contribution is 7.99. The Morgan fingerprint density at radius 2 is 1.24 bits per heavy atom. The van der Waals surface area contributed by atoms with Crippen molar-refractivity contribution in [3.8, 4) is 11.5 Å². The summed E-state index contributed by atoms with van der Waals surface area (Å²) in [5, 5.41) is 0.132. The normalized spacial score (nSPS) is 13.2. The van der Waals surface area contributed by atoms with Crippen LogP contribution in [0.15, 0.2) is 58.3 Å². The molecule has 0 unspecified atom stereocenters. The monoisotopic (exact) mass is 562 g/mol. The predicted molar refractivity (Wildman–Crippen MR) is 167 cm³/mol. The minimum atomic E-state index is -1.97. The Morgan fingerprint density at radius 1 is 0.757 bits per heavy atom. The van der Waals surface area contributed by atoms with E-state index in [0.29, 0.717) is 24.2 Å². The number of hydrogen-bond acceptors (Lipinski definition) is 5. The van der Waals surface area contributed by atoms with Gasteiger partial charge < -0.3 is 8.95 Å². The molecule has 2 aromatic carbocycles. The third kappa shape index (κ3) is 8.73. The lowest BCUT2D eigenvalue weighted by Gasteiger charge is -2.45. The highest BCUT2D eigenvalue weighted by Crippen LogP contribution is 2.53. The zero-order chi connectivity index (χ0) is 28.1. The van der Waals surface area contributed by atoms with Crippen LogP contribution in [0.4, 0.5) is 0 Å². The Labute approximate surface area is 234 Å². The van der Waals surface area contributed by atoms with Crippen molar-refractivity contribution in [1.29, 1.82) is 0 Å². The summed E-state index contributed by atoms with van der Waals surface area (Å²) in [7, 11) is -3.01. The van der Waals surface area contributed by atoms with E-state index in [4.69, 9.17) is 8.95 Å². The van der Waals surface area contributed by atoms with Gasteiger partial charge in [0.25, 0.3) is 0 Å². The van der Waals surface area contributed by atoms with Gasteiger partial charge in [0.05, 0.1) is 4.90 Å². The number of nitrogens with zero attached hydrogens (tertiary/aromatic N) is 2. The van der Waals surface area contributed by atoms with E-state index in [0.717, 1.165) is 16.4 Å². The van der Waals surface area contributed by atoms with E-state index in [1.165, 1.54) is 4.90 Å². The molecule has 0 radical (unpaired) electrons. The molecular weight excluding hydrogens is 511 g/mol. The largest absolute Gasteiger partial charge is 0.543 e. The summed E-state index contributed by atoms with van der Waals surface area (Å²) in [4.78, 5) is 2.28. The second-order valence-electron chi connectivity index (χ2n) is 12.4. The first-order chi connectivity index (χ1) is 17.0. The SMILES string of the molecule is CC(C)N(C(C)C)P(Oc1ccc(O[Si](C)(C)C(C)(C)C)cc1Sc1ccccc1)N(C(C)C)C(C)C. The molecule has 0 fully saturated rings.